The van der Waals surface area contributed by atoms with Crippen LogP contribution in [-0.4, -0.2) is 23.5 Å². The molecule has 16 heavy (non-hydrogen) atoms. The molecule has 2 nitrogen and oxygen atoms in total. The van der Waals surface area contributed by atoms with Crippen molar-refractivity contribution in [3.63, 3.8) is 0 Å². The molecule has 1 aromatic heterocycles. The van der Waals surface area contributed by atoms with Crippen molar-refractivity contribution in [1.29, 1.82) is 0 Å². The topological polar surface area (TPSA) is 16.1 Å². The molecule has 0 aliphatic rings. The van der Waals surface area contributed by atoms with E-state index in [0.717, 1.165) is 29.7 Å². The van der Waals surface area contributed by atoms with Crippen molar-refractivity contribution in [3.8, 4) is 0 Å². The molecule has 4 heteroatoms. The number of alkyl halides is 1. The van der Waals surface area contributed by atoms with E-state index in [2.05, 4.69) is 39.7 Å². The van der Waals surface area contributed by atoms with Gasteiger partial charge in [-0.15, -0.1) is 11.6 Å². The summed E-state index contributed by atoms with van der Waals surface area (Å²) in [5.41, 5.74) is 0. The van der Waals surface area contributed by atoms with Crippen molar-refractivity contribution < 1.29 is 0 Å². The highest BCUT2D eigenvalue weighted by Crippen LogP contribution is 2.20. The summed E-state index contributed by atoms with van der Waals surface area (Å²) in [6.07, 6.45) is 4.06. The van der Waals surface area contributed by atoms with Crippen LogP contribution in [0.2, 0.25) is 0 Å². The lowest BCUT2D eigenvalue weighted by Gasteiger charge is -2.31. The molecule has 1 aromatic rings. The number of hydrogen-bond donors (Lipinski definition) is 0. The first-order valence-electron chi connectivity index (χ1n) is 5.67. The molecule has 0 atom stereocenters. The first-order chi connectivity index (χ1) is 7.72. The molecule has 0 saturated carbocycles. The molecule has 0 amide bonds. The molecule has 0 radical (unpaired) electrons. The third-order valence-corrected chi connectivity index (χ3v) is 3.35. The van der Waals surface area contributed by atoms with E-state index in [1.165, 1.54) is 0 Å². The van der Waals surface area contributed by atoms with Gasteiger partial charge in [-0.2, -0.15) is 0 Å². The number of aromatic nitrogens is 1. The molecular formula is C12H18BrClN2. The Kier molecular flexibility index (Phi) is 6.14. The summed E-state index contributed by atoms with van der Waals surface area (Å²) in [5, 5.41) is 0. The smallest absolute Gasteiger partial charge is 0.128 e. The van der Waals surface area contributed by atoms with Gasteiger partial charge in [0.15, 0.2) is 0 Å². The quantitative estimate of drug-likeness (QED) is 0.736. The van der Waals surface area contributed by atoms with E-state index in [-0.39, 0.29) is 0 Å². The van der Waals surface area contributed by atoms with Crippen LogP contribution >= 0.6 is 27.5 Å². The SMILES string of the molecule is CCC(CC)N(CCCl)c1ccc(Br)cn1. The largest absolute Gasteiger partial charge is 0.352 e. The third-order valence-electron chi connectivity index (χ3n) is 2.71. The molecule has 1 rings (SSSR count). The highest BCUT2D eigenvalue weighted by Gasteiger charge is 2.15. The van der Waals surface area contributed by atoms with Crippen LogP contribution < -0.4 is 4.90 Å². The van der Waals surface area contributed by atoms with Crippen LogP contribution in [0.25, 0.3) is 0 Å². The zero-order valence-electron chi connectivity index (χ0n) is 9.79. The molecule has 0 aliphatic carbocycles. The van der Waals surface area contributed by atoms with Gasteiger partial charge in [0, 0.05) is 29.1 Å². The Morgan fingerprint density at radius 2 is 2.06 bits per heavy atom. The van der Waals surface area contributed by atoms with Crippen molar-refractivity contribution in [2.45, 2.75) is 32.7 Å². The number of pyridine rings is 1. The average molecular weight is 306 g/mol. The molecule has 0 aromatic carbocycles. The highest BCUT2D eigenvalue weighted by molar-refractivity contribution is 9.10. The Balaban J connectivity index is 2.87. The molecule has 0 spiro atoms. The first kappa shape index (κ1) is 13.8. The Morgan fingerprint density at radius 3 is 2.50 bits per heavy atom. The Labute approximate surface area is 111 Å². The maximum absolute atomic E-state index is 5.86. The van der Waals surface area contributed by atoms with Gasteiger partial charge in [-0.1, -0.05) is 13.8 Å². The van der Waals surface area contributed by atoms with E-state index in [0.29, 0.717) is 11.9 Å². The van der Waals surface area contributed by atoms with E-state index in [1.54, 1.807) is 0 Å². The van der Waals surface area contributed by atoms with E-state index < -0.39 is 0 Å². The van der Waals surface area contributed by atoms with Gasteiger partial charge < -0.3 is 4.90 Å². The monoisotopic (exact) mass is 304 g/mol. The van der Waals surface area contributed by atoms with Gasteiger partial charge >= 0.3 is 0 Å². The minimum Gasteiger partial charge on any atom is -0.352 e. The minimum atomic E-state index is 0.521. The van der Waals surface area contributed by atoms with E-state index in [1.807, 2.05) is 18.3 Å². The van der Waals surface area contributed by atoms with Gasteiger partial charge in [-0.25, -0.2) is 4.98 Å². The summed E-state index contributed by atoms with van der Waals surface area (Å²) in [4.78, 5) is 6.73. The Bertz CT molecular complexity index is 298. The number of rotatable bonds is 6. The molecule has 0 aliphatic heterocycles. The second-order valence-electron chi connectivity index (χ2n) is 3.69. The van der Waals surface area contributed by atoms with Crippen LogP contribution in [0.4, 0.5) is 5.82 Å². The lowest BCUT2D eigenvalue weighted by molar-refractivity contribution is 0.562. The van der Waals surface area contributed by atoms with Gasteiger partial charge in [0.05, 0.1) is 0 Å². The van der Waals surface area contributed by atoms with Crippen LogP contribution in [-0.2, 0) is 0 Å². The fourth-order valence-corrected chi connectivity index (χ4v) is 2.26. The van der Waals surface area contributed by atoms with Crippen molar-refractivity contribution in [3.05, 3.63) is 22.8 Å². The van der Waals surface area contributed by atoms with Crippen LogP contribution in [0.1, 0.15) is 26.7 Å². The van der Waals surface area contributed by atoms with Gasteiger partial charge in [-0.05, 0) is 40.9 Å². The zero-order valence-corrected chi connectivity index (χ0v) is 12.1. The van der Waals surface area contributed by atoms with Crippen LogP contribution in [0.3, 0.4) is 0 Å². The Morgan fingerprint density at radius 1 is 1.38 bits per heavy atom. The first-order valence-corrected chi connectivity index (χ1v) is 6.99. The lowest BCUT2D eigenvalue weighted by Crippen LogP contribution is -2.36. The fourth-order valence-electron chi connectivity index (χ4n) is 1.84. The number of nitrogens with zero attached hydrogens (tertiary/aromatic N) is 2. The molecule has 0 bridgehead atoms. The maximum Gasteiger partial charge on any atom is 0.128 e. The number of anilines is 1. The van der Waals surface area contributed by atoms with Crippen molar-refractivity contribution >= 4 is 33.3 Å². The molecule has 1 heterocycles. The molecule has 90 valence electrons. The summed E-state index contributed by atoms with van der Waals surface area (Å²) in [6, 6.07) is 4.58. The van der Waals surface area contributed by atoms with Crippen LogP contribution in [0.15, 0.2) is 22.8 Å². The van der Waals surface area contributed by atoms with E-state index in [4.69, 9.17) is 11.6 Å². The standard InChI is InChI=1S/C12H18BrClN2/c1-3-11(4-2)16(8-7-14)12-6-5-10(13)9-15-12/h5-6,9,11H,3-4,7-8H2,1-2H3. The van der Waals surface area contributed by atoms with Gasteiger partial charge in [0.2, 0.25) is 0 Å². The minimum absolute atomic E-state index is 0.521. The number of hydrogen-bond acceptors (Lipinski definition) is 2. The second-order valence-corrected chi connectivity index (χ2v) is 4.98. The van der Waals surface area contributed by atoms with Crippen molar-refractivity contribution in [2.75, 3.05) is 17.3 Å². The normalized spacial score (nSPS) is 10.8. The number of halogens is 2. The second kappa shape index (κ2) is 7.13. The molecule has 0 saturated heterocycles. The fraction of sp³-hybridized carbons (Fsp3) is 0.583. The highest BCUT2D eigenvalue weighted by atomic mass is 79.9. The summed E-state index contributed by atoms with van der Waals surface area (Å²) in [7, 11) is 0. The summed E-state index contributed by atoms with van der Waals surface area (Å²) < 4.78 is 1.01. The predicted octanol–water partition coefficient (Wildman–Crippen LogP) is 4.08. The summed E-state index contributed by atoms with van der Waals surface area (Å²) >= 11 is 9.25. The van der Waals surface area contributed by atoms with Gasteiger partial charge in [0.25, 0.3) is 0 Å². The van der Waals surface area contributed by atoms with Crippen molar-refractivity contribution in [1.82, 2.24) is 4.98 Å². The average Bonchev–Trinajstić information content (AvgIpc) is 2.31. The van der Waals surface area contributed by atoms with Crippen LogP contribution in [0, 0.1) is 0 Å². The van der Waals surface area contributed by atoms with Gasteiger partial charge in [0.1, 0.15) is 5.82 Å². The van der Waals surface area contributed by atoms with E-state index >= 15 is 0 Å². The maximum atomic E-state index is 5.86. The van der Waals surface area contributed by atoms with Gasteiger partial charge in [-0.3, -0.25) is 0 Å². The summed E-state index contributed by atoms with van der Waals surface area (Å²) in [6.45, 7) is 5.26. The zero-order chi connectivity index (χ0) is 12.0. The van der Waals surface area contributed by atoms with Crippen LogP contribution in [0.5, 0.6) is 0 Å². The third kappa shape index (κ3) is 3.63. The van der Waals surface area contributed by atoms with Crippen molar-refractivity contribution in [2.24, 2.45) is 0 Å². The predicted molar refractivity (Wildman–Crippen MR) is 74.4 cm³/mol. The lowest BCUT2D eigenvalue weighted by atomic mass is 10.1. The molecular weight excluding hydrogens is 288 g/mol. The Hall–Kier alpha value is -0.280. The summed E-state index contributed by atoms with van der Waals surface area (Å²) in [5.74, 6) is 1.64. The molecule has 0 unspecified atom stereocenters. The molecule has 0 N–H and O–H groups in total. The molecule has 0 fully saturated rings. The van der Waals surface area contributed by atoms with E-state index in [9.17, 15) is 0 Å².